The second-order valence-electron chi connectivity index (χ2n) is 22.3. The largest absolute Gasteiger partial charge is 0.477 e. The number of likely N-dealkylation sites (N-methyl/N-ethyl adjacent to an activating group) is 1. The van der Waals surface area contributed by atoms with Gasteiger partial charge in [0.1, 0.15) is 13.2 Å². The van der Waals surface area contributed by atoms with Gasteiger partial charge < -0.3 is 28.5 Å². The van der Waals surface area contributed by atoms with Crippen LogP contribution in [0.25, 0.3) is 0 Å². The second kappa shape index (κ2) is 58.6. The summed E-state index contributed by atoms with van der Waals surface area (Å²) in [6.45, 7) is 4.77. The average Bonchev–Trinajstić information content (AvgIpc) is 3.40. The van der Waals surface area contributed by atoms with Gasteiger partial charge in [-0.15, -0.1) is 0 Å². The highest BCUT2D eigenvalue weighted by Crippen LogP contribution is 2.16. The number of rotatable bonds is 58. The highest BCUT2D eigenvalue weighted by Gasteiger charge is 2.25. The van der Waals surface area contributed by atoms with E-state index in [9.17, 15) is 19.5 Å². The van der Waals surface area contributed by atoms with Crippen LogP contribution in [0.3, 0.4) is 0 Å². The van der Waals surface area contributed by atoms with Crippen LogP contribution in [0.5, 0.6) is 0 Å². The van der Waals surface area contributed by atoms with E-state index in [-0.39, 0.29) is 32.2 Å². The maximum Gasteiger partial charge on any atom is 0.361 e. The lowest BCUT2D eigenvalue weighted by Crippen LogP contribution is -2.40. The summed E-state index contributed by atoms with van der Waals surface area (Å²) in [7, 11) is 5.97. The third-order valence-corrected chi connectivity index (χ3v) is 13.6. The van der Waals surface area contributed by atoms with Gasteiger partial charge >= 0.3 is 17.9 Å². The number of hydrogen-bond acceptors (Lipinski definition) is 7. The van der Waals surface area contributed by atoms with E-state index in [1.54, 1.807) is 0 Å². The van der Waals surface area contributed by atoms with Crippen LogP contribution in [0.2, 0.25) is 0 Å². The number of allylic oxidation sites excluding steroid dienone is 14. The lowest BCUT2D eigenvalue weighted by molar-refractivity contribution is -0.870. The maximum absolute atomic E-state index is 12.9. The molecule has 2 atom stereocenters. The summed E-state index contributed by atoms with van der Waals surface area (Å²) in [4.78, 5) is 37.5. The summed E-state index contributed by atoms with van der Waals surface area (Å²) in [5.74, 6) is -2.00. The van der Waals surface area contributed by atoms with Crippen LogP contribution < -0.4 is 0 Å². The van der Waals surface area contributed by atoms with Crippen LogP contribution >= 0.6 is 0 Å². The standard InChI is InChI=1S/C68H119NO8/c1-6-8-10-12-14-16-18-20-22-24-26-28-30-31-32-33-34-35-37-39-41-43-45-47-49-51-53-55-57-59-66(71)77-64(63-76-68(67(72)73)74-61-60-69(3,4)5)62-75-65(70)58-56-54-52-50-48-46-44-42-40-38-36-29-27-25-23-21-19-17-15-13-11-9-7-2/h8,10,14,16,19-22,25-28,31-32,64,68H,6-7,9,11-13,15,17-18,23-24,29-30,33-63H2,1-5H3/p+1/b10-8-,16-14-,21-19-,22-20-,27-25-,28-26-,32-31-. The van der Waals surface area contributed by atoms with Crippen molar-refractivity contribution in [2.45, 2.75) is 283 Å². The predicted octanol–water partition coefficient (Wildman–Crippen LogP) is 19.1. The SMILES string of the molecule is CC/C=C\C/C=C\C/C=C\C/C=C\C/C=C\CCCCCCCCCCCCCCCC(=O)OC(COC(=O)CCCCCCCCCCCCC/C=C\C/C=C\CCCCCCC)COC(OCC[N+](C)(C)C)C(=O)O. The molecule has 2 unspecified atom stereocenters. The van der Waals surface area contributed by atoms with Crippen LogP contribution in [-0.4, -0.2) is 87.4 Å². The summed E-state index contributed by atoms with van der Waals surface area (Å²) in [5.41, 5.74) is 0. The molecule has 0 saturated heterocycles. The van der Waals surface area contributed by atoms with Crippen LogP contribution in [0.15, 0.2) is 85.1 Å². The minimum atomic E-state index is -1.51. The number of carboxylic acids is 1. The molecule has 1 N–H and O–H groups in total. The molecule has 0 saturated carbocycles. The van der Waals surface area contributed by atoms with Crippen molar-refractivity contribution in [1.82, 2.24) is 0 Å². The lowest BCUT2D eigenvalue weighted by Gasteiger charge is -2.25. The quantitative estimate of drug-likeness (QED) is 0.0211. The van der Waals surface area contributed by atoms with Gasteiger partial charge in [-0.2, -0.15) is 0 Å². The number of carbonyl (C=O) groups excluding carboxylic acids is 2. The average molecular weight is 1080 g/mol. The van der Waals surface area contributed by atoms with Crippen LogP contribution in [0.1, 0.15) is 271 Å². The Balaban J connectivity index is 4.19. The van der Waals surface area contributed by atoms with E-state index in [1.807, 2.05) is 21.1 Å². The minimum Gasteiger partial charge on any atom is -0.477 e. The molecule has 0 aliphatic rings. The Morgan fingerprint density at radius 1 is 0.403 bits per heavy atom. The number of esters is 2. The first-order valence-corrected chi connectivity index (χ1v) is 31.8. The van der Waals surface area contributed by atoms with E-state index in [1.165, 1.54) is 167 Å². The molecular formula is C68H120NO8+. The fraction of sp³-hybridized carbons (Fsp3) is 0.750. The smallest absolute Gasteiger partial charge is 0.361 e. The summed E-state index contributed by atoms with van der Waals surface area (Å²) >= 11 is 0. The molecule has 0 heterocycles. The molecule has 0 rings (SSSR count). The molecule has 9 nitrogen and oxygen atoms in total. The number of ether oxygens (including phenoxy) is 4. The summed E-state index contributed by atoms with van der Waals surface area (Å²) in [6.07, 6.45) is 75.2. The van der Waals surface area contributed by atoms with E-state index < -0.39 is 24.3 Å². The number of unbranched alkanes of at least 4 members (excludes halogenated alkanes) is 29. The Morgan fingerprint density at radius 3 is 1.10 bits per heavy atom. The number of carbonyl (C=O) groups is 3. The number of nitrogens with zero attached hydrogens (tertiary/aromatic N) is 1. The van der Waals surface area contributed by atoms with Gasteiger partial charge in [-0.3, -0.25) is 9.59 Å². The number of aliphatic carboxylic acids is 1. The normalized spacial score (nSPS) is 13.3. The first-order chi connectivity index (χ1) is 37.6. The topological polar surface area (TPSA) is 108 Å². The monoisotopic (exact) mass is 1080 g/mol. The van der Waals surface area contributed by atoms with E-state index in [4.69, 9.17) is 18.9 Å². The van der Waals surface area contributed by atoms with Gasteiger partial charge in [0.15, 0.2) is 6.10 Å². The van der Waals surface area contributed by atoms with Gasteiger partial charge in [0.05, 0.1) is 34.4 Å². The minimum absolute atomic E-state index is 0.185. The van der Waals surface area contributed by atoms with E-state index >= 15 is 0 Å². The highest BCUT2D eigenvalue weighted by atomic mass is 16.7. The first-order valence-electron chi connectivity index (χ1n) is 31.8. The highest BCUT2D eigenvalue weighted by molar-refractivity contribution is 5.71. The van der Waals surface area contributed by atoms with Crippen molar-refractivity contribution in [2.24, 2.45) is 0 Å². The molecular weight excluding hydrogens is 959 g/mol. The van der Waals surface area contributed by atoms with Gasteiger partial charge in [-0.25, -0.2) is 4.79 Å². The Hall–Kier alpha value is -3.53. The third kappa shape index (κ3) is 60.0. The van der Waals surface area contributed by atoms with Gasteiger partial charge in [-0.05, 0) is 89.9 Å². The van der Waals surface area contributed by atoms with Crippen LogP contribution in [0, 0.1) is 0 Å². The third-order valence-electron chi connectivity index (χ3n) is 13.6. The van der Waals surface area contributed by atoms with E-state index in [2.05, 4.69) is 98.9 Å². The Bertz CT molecular complexity index is 1540. The van der Waals surface area contributed by atoms with E-state index in [0.717, 1.165) is 77.0 Å². The molecule has 0 bridgehead atoms. The molecule has 0 aromatic heterocycles. The number of carboxylic acid groups (broad SMARTS) is 1. The summed E-state index contributed by atoms with van der Waals surface area (Å²) < 4.78 is 22.9. The zero-order valence-corrected chi connectivity index (χ0v) is 50.6. The molecule has 0 radical (unpaired) electrons. The van der Waals surface area contributed by atoms with Crippen molar-refractivity contribution in [3.8, 4) is 0 Å². The maximum atomic E-state index is 12.9. The predicted molar refractivity (Wildman–Crippen MR) is 327 cm³/mol. The molecule has 77 heavy (non-hydrogen) atoms. The second-order valence-corrected chi connectivity index (χ2v) is 22.3. The molecule has 0 amide bonds. The molecule has 444 valence electrons. The van der Waals surface area contributed by atoms with E-state index in [0.29, 0.717) is 17.4 Å². The Labute approximate surface area is 474 Å². The van der Waals surface area contributed by atoms with Gasteiger partial charge in [0.2, 0.25) is 0 Å². The number of quaternary nitrogens is 1. The fourth-order valence-corrected chi connectivity index (χ4v) is 8.78. The molecule has 0 fully saturated rings. The van der Waals surface area contributed by atoms with Crippen molar-refractivity contribution < 1.29 is 42.9 Å². The van der Waals surface area contributed by atoms with Crippen molar-refractivity contribution in [3.05, 3.63) is 85.1 Å². The lowest BCUT2D eigenvalue weighted by atomic mass is 10.0. The molecule has 0 spiro atoms. The zero-order chi connectivity index (χ0) is 56.2. The fourth-order valence-electron chi connectivity index (χ4n) is 8.78. The first kappa shape index (κ1) is 73.5. The van der Waals surface area contributed by atoms with Gasteiger partial charge in [0.25, 0.3) is 6.29 Å². The van der Waals surface area contributed by atoms with Crippen LogP contribution in [-0.2, 0) is 33.3 Å². The molecule has 0 aliphatic heterocycles. The van der Waals surface area contributed by atoms with Gasteiger partial charge in [0, 0.05) is 12.8 Å². The summed E-state index contributed by atoms with van der Waals surface area (Å²) in [6, 6.07) is 0. The molecule has 0 aromatic carbocycles. The van der Waals surface area contributed by atoms with Crippen molar-refractivity contribution in [2.75, 3.05) is 47.5 Å². The van der Waals surface area contributed by atoms with Crippen LogP contribution in [0.4, 0.5) is 0 Å². The molecule has 0 aromatic rings. The van der Waals surface area contributed by atoms with Crippen molar-refractivity contribution in [3.63, 3.8) is 0 Å². The van der Waals surface area contributed by atoms with Crippen molar-refractivity contribution in [1.29, 1.82) is 0 Å². The Kier molecular flexibility index (Phi) is 55.9. The van der Waals surface area contributed by atoms with Gasteiger partial charge in [-0.1, -0.05) is 253 Å². The zero-order valence-electron chi connectivity index (χ0n) is 50.6. The Morgan fingerprint density at radius 2 is 0.740 bits per heavy atom. The van der Waals surface area contributed by atoms with Crippen molar-refractivity contribution >= 4 is 17.9 Å². The molecule has 9 heteroatoms. The molecule has 0 aliphatic carbocycles. The number of hydrogen-bond donors (Lipinski definition) is 1. The summed E-state index contributed by atoms with van der Waals surface area (Å²) in [5, 5.41) is 9.73.